The molecule has 1 saturated heterocycles. The van der Waals surface area contributed by atoms with Gasteiger partial charge in [0.05, 0.1) is 17.0 Å². The first kappa shape index (κ1) is 29.5. The molecule has 3 aromatic carbocycles. The molecule has 1 aliphatic heterocycles. The van der Waals surface area contributed by atoms with E-state index >= 15 is 0 Å². The van der Waals surface area contributed by atoms with Crippen molar-refractivity contribution in [2.24, 2.45) is 5.92 Å². The number of aryl methyl sites for hydroxylation is 2. The summed E-state index contributed by atoms with van der Waals surface area (Å²) in [6.07, 6.45) is 3.80. The quantitative estimate of drug-likeness (QED) is 0.235. The Morgan fingerprint density at radius 1 is 1.09 bits per heavy atom. The van der Waals surface area contributed by atoms with Gasteiger partial charge < -0.3 is 19.2 Å². The number of aliphatic hydroxyl groups is 1. The van der Waals surface area contributed by atoms with Crippen molar-refractivity contribution in [3.05, 3.63) is 110 Å². The van der Waals surface area contributed by atoms with Gasteiger partial charge in [-0.1, -0.05) is 66.9 Å². The van der Waals surface area contributed by atoms with Gasteiger partial charge >= 0.3 is 5.63 Å². The summed E-state index contributed by atoms with van der Waals surface area (Å²) < 4.78 is 12.3. The molecule has 4 unspecified atom stereocenters. The number of hydrogen-bond donors (Lipinski definition) is 1. The monoisotopic (exact) mass is 599 g/mol. The zero-order valence-electron chi connectivity index (χ0n) is 24.9. The molecule has 0 bridgehead atoms. The van der Waals surface area contributed by atoms with Gasteiger partial charge in [-0.25, -0.2) is 4.79 Å². The molecule has 2 fully saturated rings. The van der Waals surface area contributed by atoms with Crippen LogP contribution in [0.4, 0.5) is 0 Å². The highest BCUT2D eigenvalue weighted by Crippen LogP contribution is 2.49. The van der Waals surface area contributed by atoms with Crippen LogP contribution in [0.1, 0.15) is 72.9 Å². The molecule has 6 nitrogen and oxygen atoms in total. The Hall–Kier alpha value is -3.61. The molecular weight excluding hydrogens is 562 g/mol. The predicted molar refractivity (Wildman–Crippen MR) is 169 cm³/mol. The van der Waals surface area contributed by atoms with E-state index in [1.165, 1.54) is 0 Å². The summed E-state index contributed by atoms with van der Waals surface area (Å²) in [7, 11) is 0. The van der Waals surface area contributed by atoms with Crippen LogP contribution in [-0.2, 0) is 11.2 Å². The second-order valence-corrected chi connectivity index (χ2v) is 12.7. The number of nitrogens with zero attached hydrogens (tertiary/aromatic N) is 1. The number of halogens is 1. The Bertz CT molecular complexity index is 1700. The molecule has 2 aliphatic rings. The van der Waals surface area contributed by atoms with E-state index in [0.717, 1.165) is 47.9 Å². The van der Waals surface area contributed by atoms with Crippen LogP contribution < -0.4 is 10.4 Å². The molecule has 1 amide bonds. The van der Waals surface area contributed by atoms with Gasteiger partial charge in [0.15, 0.2) is 6.10 Å². The van der Waals surface area contributed by atoms with Gasteiger partial charge in [-0.15, -0.1) is 0 Å². The fourth-order valence-electron chi connectivity index (χ4n) is 7.21. The van der Waals surface area contributed by atoms with Crippen molar-refractivity contribution in [2.75, 3.05) is 6.54 Å². The first-order valence-electron chi connectivity index (χ1n) is 15.2. The lowest BCUT2D eigenvalue weighted by atomic mass is 9.66. The van der Waals surface area contributed by atoms with Gasteiger partial charge in [-0.05, 0) is 86.6 Å². The molecule has 43 heavy (non-hydrogen) atoms. The van der Waals surface area contributed by atoms with Crippen molar-refractivity contribution >= 4 is 28.5 Å². The van der Waals surface area contributed by atoms with Crippen molar-refractivity contribution in [3.8, 4) is 5.75 Å². The van der Waals surface area contributed by atoms with Crippen molar-refractivity contribution in [1.82, 2.24) is 4.90 Å². The topological polar surface area (TPSA) is 80.0 Å². The van der Waals surface area contributed by atoms with Gasteiger partial charge in [0.1, 0.15) is 11.3 Å². The summed E-state index contributed by atoms with van der Waals surface area (Å²) in [6.45, 7) is 6.04. The number of piperidine rings is 1. The maximum atomic E-state index is 14.2. The molecule has 7 heteroatoms. The highest BCUT2D eigenvalue weighted by Gasteiger charge is 2.50. The molecule has 1 aromatic heterocycles. The largest absolute Gasteiger partial charge is 0.480 e. The number of carbonyl (C=O) groups is 1. The standard InChI is InChI=1S/C36H38ClNO5/c1-22-19-30(32-23(2)28(35(40)43-31(32)20-22)21-25-9-5-4-6-10-25)42-24(3)34(39)38-18-17-36(41)16-8-7-11-29(36)33(38)26-12-14-27(37)15-13-26/h4-6,9-10,12-15,19-20,24,29,33,41H,7-8,11,16-18,21H2,1-3H3. The van der Waals surface area contributed by atoms with Gasteiger partial charge in [-0.3, -0.25) is 4.79 Å². The molecule has 1 aliphatic carbocycles. The van der Waals surface area contributed by atoms with Crippen LogP contribution >= 0.6 is 11.6 Å². The van der Waals surface area contributed by atoms with E-state index in [4.69, 9.17) is 20.8 Å². The predicted octanol–water partition coefficient (Wildman–Crippen LogP) is 7.32. The molecule has 1 saturated carbocycles. The van der Waals surface area contributed by atoms with Crippen LogP contribution in [0.5, 0.6) is 5.75 Å². The van der Waals surface area contributed by atoms with Crippen LogP contribution in [-0.4, -0.2) is 34.2 Å². The highest BCUT2D eigenvalue weighted by molar-refractivity contribution is 6.30. The van der Waals surface area contributed by atoms with Gasteiger partial charge in [0.25, 0.3) is 5.91 Å². The number of hydrogen-bond acceptors (Lipinski definition) is 5. The summed E-state index contributed by atoms with van der Waals surface area (Å²) in [5.41, 5.74) is 3.49. The molecule has 224 valence electrons. The zero-order chi connectivity index (χ0) is 30.3. The molecular formula is C36H38ClNO5. The fourth-order valence-corrected chi connectivity index (χ4v) is 7.34. The van der Waals surface area contributed by atoms with Gasteiger partial charge in [0, 0.05) is 29.5 Å². The second-order valence-electron chi connectivity index (χ2n) is 12.3. The number of ether oxygens (including phenoxy) is 1. The lowest BCUT2D eigenvalue weighted by molar-refractivity contribution is -0.161. The first-order valence-corrected chi connectivity index (χ1v) is 15.6. The van der Waals surface area contributed by atoms with E-state index in [1.807, 2.05) is 85.5 Å². The molecule has 1 N–H and O–H groups in total. The van der Waals surface area contributed by atoms with Crippen LogP contribution in [0, 0.1) is 19.8 Å². The van der Waals surface area contributed by atoms with E-state index in [-0.39, 0.29) is 23.5 Å². The van der Waals surface area contributed by atoms with E-state index in [1.54, 1.807) is 6.92 Å². The summed E-state index contributed by atoms with van der Waals surface area (Å²) in [5, 5.41) is 13.0. The van der Waals surface area contributed by atoms with E-state index < -0.39 is 11.7 Å². The number of benzene rings is 3. The molecule has 6 rings (SSSR count). The first-order chi connectivity index (χ1) is 20.6. The number of fused-ring (bicyclic) bond motifs is 2. The Morgan fingerprint density at radius 3 is 2.58 bits per heavy atom. The number of amides is 1. The smallest absolute Gasteiger partial charge is 0.340 e. The molecule has 4 atom stereocenters. The van der Waals surface area contributed by atoms with Crippen molar-refractivity contribution < 1.29 is 19.1 Å². The summed E-state index contributed by atoms with van der Waals surface area (Å²) in [5.74, 6) is 0.312. The van der Waals surface area contributed by atoms with Crippen molar-refractivity contribution in [2.45, 2.75) is 77.0 Å². The summed E-state index contributed by atoms with van der Waals surface area (Å²) in [4.78, 5) is 29.2. The fraction of sp³-hybridized carbons (Fsp3) is 0.389. The molecule has 0 spiro atoms. The number of likely N-dealkylation sites (tertiary alicyclic amines) is 1. The van der Waals surface area contributed by atoms with Crippen LogP contribution in [0.25, 0.3) is 11.0 Å². The van der Waals surface area contributed by atoms with E-state index in [0.29, 0.717) is 46.7 Å². The second kappa shape index (κ2) is 11.8. The number of carbonyl (C=O) groups excluding carboxylic acids is 1. The van der Waals surface area contributed by atoms with E-state index in [2.05, 4.69) is 0 Å². The Labute approximate surface area is 257 Å². The Balaban J connectivity index is 1.34. The minimum absolute atomic E-state index is 0.0656. The lowest BCUT2D eigenvalue weighted by Gasteiger charge is -2.53. The van der Waals surface area contributed by atoms with Crippen molar-refractivity contribution in [1.29, 1.82) is 0 Å². The maximum absolute atomic E-state index is 14.2. The minimum Gasteiger partial charge on any atom is -0.480 e. The van der Waals surface area contributed by atoms with E-state index in [9.17, 15) is 14.7 Å². The van der Waals surface area contributed by atoms with Crippen molar-refractivity contribution in [3.63, 3.8) is 0 Å². The maximum Gasteiger partial charge on any atom is 0.340 e. The SMILES string of the molecule is Cc1cc(OC(C)C(=O)N2CCC3(O)CCCCC3C2c2ccc(Cl)cc2)c2c(C)c(Cc3ccccc3)c(=O)oc2c1. The Morgan fingerprint density at radius 2 is 1.84 bits per heavy atom. The van der Waals surface area contributed by atoms with Crippen LogP contribution in [0.15, 0.2) is 75.9 Å². The molecule has 4 aromatic rings. The van der Waals surface area contributed by atoms with Gasteiger partial charge in [0.2, 0.25) is 0 Å². The lowest BCUT2D eigenvalue weighted by Crippen LogP contribution is -2.58. The average Bonchev–Trinajstić information content (AvgIpc) is 2.98. The van der Waals surface area contributed by atoms with Crippen LogP contribution in [0.3, 0.4) is 0 Å². The highest BCUT2D eigenvalue weighted by atomic mass is 35.5. The van der Waals surface area contributed by atoms with Crippen LogP contribution in [0.2, 0.25) is 5.02 Å². The summed E-state index contributed by atoms with van der Waals surface area (Å²) in [6, 6.07) is 20.9. The third kappa shape index (κ3) is 5.71. The minimum atomic E-state index is -0.807. The molecule has 2 heterocycles. The molecule has 0 radical (unpaired) electrons. The number of rotatable bonds is 6. The summed E-state index contributed by atoms with van der Waals surface area (Å²) >= 11 is 6.22. The third-order valence-electron chi connectivity index (χ3n) is 9.42. The average molecular weight is 600 g/mol. The Kier molecular flexibility index (Phi) is 8.10. The normalized spacial score (nSPS) is 22.7. The zero-order valence-corrected chi connectivity index (χ0v) is 25.7. The third-order valence-corrected chi connectivity index (χ3v) is 9.68. The van der Waals surface area contributed by atoms with Gasteiger partial charge in [-0.2, -0.15) is 0 Å².